The van der Waals surface area contributed by atoms with Gasteiger partial charge in [0, 0.05) is 38.3 Å². The highest BCUT2D eigenvalue weighted by atomic mass is 16.2. The summed E-state index contributed by atoms with van der Waals surface area (Å²) in [5.41, 5.74) is 0. The van der Waals surface area contributed by atoms with Crippen LogP contribution < -0.4 is 10.6 Å². The molecule has 2 heterocycles. The zero-order chi connectivity index (χ0) is 14.5. The third kappa shape index (κ3) is 4.58. The van der Waals surface area contributed by atoms with E-state index in [-0.39, 0.29) is 12.1 Å². The van der Waals surface area contributed by atoms with Gasteiger partial charge >= 0.3 is 12.1 Å². The second kappa shape index (κ2) is 6.81. The summed E-state index contributed by atoms with van der Waals surface area (Å²) in [7, 11) is 0. The number of carbonyl (C=O) groups is 2. The number of unbranched alkanes of at least 4 members (excludes halogenated alkanes) is 3. The summed E-state index contributed by atoms with van der Waals surface area (Å²) in [6.45, 7) is 7.38. The zero-order valence-electron chi connectivity index (χ0n) is 12.5. The van der Waals surface area contributed by atoms with Crippen molar-refractivity contribution in [3.05, 3.63) is 0 Å². The predicted molar refractivity (Wildman–Crippen MR) is 77.6 cm³/mol. The SMILES string of the molecule is C[C@H]1CN1C(=O)NCCCCCCNC(=O)N1C[C@@H]1C. The maximum absolute atomic E-state index is 11.5. The third-order valence-electron chi connectivity index (χ3n) is 3.90. The first-order chi connectivity index (χ1) is 9.59. The zero-order valence-corrected chi connectivity index (χ0v) is 12.5. The van der Waals surface area contributed by atoms with E-state index in [4.69, 9.17) is 0 Å². The van der Waals surface area contributed by atoms with Gasteiger partial charge < -0.3 is 20.4 Å². The van der Waals surface area contributed by atoms with Crippen molar-refractivity contribution in [2.24, 2.45) is 0 Å². The second-order valence-corrected chi connectivity index (χ2v) is 5.88. The van der Waals surface area contributed by atoms with Gasteiger partial charge in [-0.15, -0.1) is 0 Å². The lowest BCUT2D eigenvalue weighted by atomic mass is 10.2. The van der Waals surface area contributed by atoms with Crippen molar-refractivity contribution in [1.82, 2.24) is 20.4 Å². The van der Waals surface area contributed by atoms with E-state index >= 15 is 0 Å². The van der Waals surface area contributed by atoms with Crippen molar-refractivity contribution in [2.45, 2.75) is 51.6 Å². The first-order valence-electron chi connectivity index (χ1n) is 7.68. The highest BCUT2D eigenvalue weighted by Crippen LogP contribution is 2.16. The molecule has 4 amide bonds. The largest absolute Gasteiger partial charge is 0.338 e. The van der Waals surface area contributed by atoms with E-state index in [1.165, 1.54) is 0 Å². The molecule has 114 valence electrons. The Morgan fingerprint density at radius 2 is 1.20 bits per heavy atom. The minimum atomic E-state index is 0.0670. The number of rotatable bonds is 7. The summed E-state index contributed by atoms with van der Waals surface area (Å²) in [5.74, 6) is 0. The van der Waals surface area contributed by atoms with Crippen LogP contribution in [0.1, 0.15) is 39.5 Å². The van der Waals surface area contributed by atoms with Crippen LogP contribution >= 0.6 is 0 Å². The van der Waals surface area contributed by atoms with Crippen LogP contribution in [0.5, 0.6) is 0 Å². The summed E-state index contributed by atoms with van der Waals surface area (Å²) < 4.78 is 0. The van der Waals surface area contributed by atoms with Gasteiger partial charge in [-0.25, -0.2) is 9.59 Å². The van der Waals surface area contributed by atoms with Crippen molar-refractivity contribution in [2.75, 3.05) is 26.2 Å². The molecule has 6 heteroatoms. The molecular weight excluding hydrogens is 256 g/mol. The van der Waals surface area contributed by atoms with Crippen molar-refractivity contribution < 1.29 is 9.59 Å². The minimum absolute atomic E-state index is 0.0670. The van der Waals surface area contributed by atoms with Gasteiger partial charge in [-0.2, -0.15) is 0 Å². The van der Waals surface area contributed by atoms with E-state index in [1.807, 2.05) is 23.6 Å². The Hall–Kier alpha value is -1.46. The Morgan fingerprint density at radius 1 is 0.850 bits per heavy atom. The summed E-state index contributed by atoms with van der Waals surface area (Å²) in [6, 6.07) is 0.974. The third-order valence-corrected chi connectivity index (χ3v) is 3.90. The van der Waals surface area contributed by atoms with Crippen LogP contribution in [0.3, 0.4) is 0 Å². The van der Waals surface area contributed by atoms with Crippen LogP contribution in [0, 0.1) is 0 Å². The van der Waals surface area contributed by atoms with Crippen LogP contribution in [-0.2, 0) is 0 Å². The molecule has 2 aliphatic rings. The van der Waals surface area contributed by atoms with Gasteiger partial charge in [0.1, 0.15) is 0 Å². The standard InChI is InChI=1S/C14H26N4O2/c1-11-9-17(11)13(19)15-7-5-3-4-6-8-16-14(20)18-10-12(18)2/h11-12H,3-10H2,1-2H3,(H,15,19)(H,16,20)/t11-,12-,17?,18?/m0/s1. The van der Waals surface area contributed by atoms with Crippen LogP contribution in [0.25, 0.3) is 0 Å². The Balaban J connectivity index is 1.35. The number of hydrogen-bond donors (Lipinski definition) is 2. The molecule has 2 N–H and O–H groups in total. The fourth-order valence-electron chi connectivity index (χ4n) is 2.24. The number of amides is 4. The summed E-state index contributed by atoms with van der Waals surface area (Å²) in [6.07, 6.45) is 4.19. The second-order valence-electron chi connectivity index (χ2n) is 5.88. The lowest BCUT2D eigenvalue weighted by Crippen LogP contribution is -2.30. The Morgan fingerprint density at radius 3 is 1.50 bits per heavy atom. The molecule has 0 unspecified atom stereocenters. The van der Waals surface area contributed by atoms with Crippen molar-refractivity contribution in [3.63, 3.8) is 0 Å². The molecule has 2 saturated heterocycles. The molecule has 0 saturated carbocycles. The Labute approximate surface area is 120 Å². The average Bonchev–Trinajstić information content (AvgIpc) is 3.31. The first kappa shape index (κ1) is 14.9. The van der Waals surface area contributed by atoms with E-state index in [1.54, 1.807) is 0 Å². The molecule has 0 aliphatic carbocycles. The Kier molecular flexibility index (Phi) is 5.09. The van der Waals surface area contributed by atoms with Gasteiger partial charge in [0.25, 0.3) is 0 Å². The van der Waals surface area contributed by atoms with Crippen molar-refractivity contribution in [1.29, 1.82) is 0 Å². The number of hydrogen-bond acceptors (Lipinski definition) is 2. The molecule has 2 aliphatic heterocycles. The van der Waals surface area contributed by atoms with Crippen molar-refractivity contribution >= 4 is 12.1 Å². The topological polar surface area (TPSA) is 64.2 Å². The van der Waals surface area contributed by atoms with Crippen molar-refractivity contribution in [3.8, 4) is 0 Å². The molecule has 6 nitrogen and oxygen atoms in total. The summed E-state index contributed by atoms with van der Waals surface area (Å²) >= 11 is 0. The summed E-state index contributed by atoms with van der Waals surface area (Å²) in [4.78, 5) is 26.6. The van der Waals surface area contributed by atoms with Crippen LogP contribution in [0.15, 0.2) is 0 Å². The molecule has 0 aromatic heterocycles. The molecule has 0 aromatic rings. The maximum Gasteiger partial charge on any atom is 0.317 e. The number of nitrogens with one attached hydrogen (secondary N) is 2. The first-order valence-corrected chi connectivity index (χ1v) is 7.68. The average molecular weight is 282 g/mol. The van der Waals surface area contributed by atoms with Crippen LogP contribution in [-0.4, -0.2) is 60.1 Å². The number of nitrogens with zero attached hydrogens (tertiary/aromatic N) is 2. The summed E-state index contributed by atoms with van der Waals surface area (Å²) in [5, 5.41) is 5.85. The minimum Gasteiger partial charge on any atom is -0.338 e. The predicted octanol–water partition coefficient (Wildman–Crippen LogP) is 1.37. The van der Waals surface area contributed by atoms with E-state index < -0.39 is 0 Å². The molecule has 0 spiro atoms. The molecule has 0 bridgehead atoms. The van der Waals surface area contributed by atoms with E-state index in [9.17, 15) is 9.59 Å². The van der Waals surface area contributed by atoms with Gasteiger partial charge in [-0.05, 0) is 26.7 Å². The van der Waals surface area contributed by atoms with Gasteiger partial charge in [0.15, 0.2) is 0 Å². The smallest absolute Gasteiger partial charge is 0.317 e. The fourth-order valence-corrected chi connectivity index (χ4v) is 2.24. The van der Waals surface area contributed by atoms with E-state index in [2.05, 4.69) is 10.6 Å². The highest BCUT2D eigenvalue weighted by Gasteiger charge is 2.34. The number of carbonyl (C=O) groups excluding carboxylic acids is 2. The van der Waals surface area contributed by atoms with E-state index in [0.717, 1.165) is 51.9 Å². The number of urea groups is 2. The molecular formula is C14H26N4O2. The molecule has 20 heavy (non-hydrogen) atoms. The van der Waals surface area contributed by atoms with Gasteiger partial charge in [0.2, 0.25) is 0 Å². The highest BCUT2D eigenvalue weighted by molar-refractivity contribution is 5.77. The molecule has 2 rings (SSSR count). The molecule has 0 radical (unpaired) electrons. The molecule has 0 aromatic carbocycles. The monoisotopic (exact) mass is 282 g/mol. The maximum atomic E-state index is 11.5. The van der Waals surface area contributed by atoms with Crippen LogP contribution in [0.2, 0.25) is 0 Å². The fraction of sp³-hybridized carbons (Fsp3) is 0.857. The van der Waals surface area contributed by atoms with Crippen LogP contribution in [0.4, 0.5) is 9.59 Å². The normalized spacial score (nSPS) is 23.5. The van der Waals surface area contributed by atoms with Gasteiger partial charge in [-0.1, -0.05) is 12.8 Å². The lowest BCUT2D eigenvalue weighted by Gasteiger charge is -2.07. The van der Waals surface area contributed by atoms with E-state index in [0.29, 0.717) is 12.1 Å². The molecule has 2 fully saturated rings. The quantitative estimate of drug-likeness (QED) is 0.547. The molecule has 2 atom stereocenters. The van der Waals surface area contributed by atoms with Gasteiger partial charge in [0.05, 0.1) is 0 Å². The van der Waals surface area contributed by atoms with Gasteiger partial charge in [-0.3, -0.25) is 0 Å². The lowest BCUT2D eigenvalue weighted by molar-refractivity contribution is 0.226. The Bertz CT molecular complexity index is 327.